The van der Waals surface area contributed by atoms with Crippen molar-refractivity contribution < 1.29 is 13.6 Å². The number of nitrogens with one attached hydrogen (secondary N) is 2. The standard InChI is InChI=1S/C20H15FN4O2S/c21-13-4-1-5-14(10-13)24-18-16(6-2-8-22-18)19(26)23-11-15-12-27-20(25-15)17-7-3-9-28-17/h1-10,12H,11H2,(H,22,24)(H,23,26). The number of halogens is 1. The quantitative estimate of drug-likeness (QED) is 0.499. The maximum Gasteiger partial charge on any atom is 0.255 e. The summed E-state index contributed by atoms with van der Waals surface area (Å²) in [4.78, 5) is 22.1. The van der Waals surface area contributed by atoms with E-state index in [1.165, 1.54) is 29.7 Å². The second kappa shape index (κ2) is 8.01. The highest BCUT2D eigenvalue weighted by molar-refractivity contribution is 7.13. The zero-order chi connectivity index (χ0) is 19.3. The van der Waals surface area contributed by atoms with Crippen molar-refractivity contribution in [3.63, 3.8) is 0 Å². The fraction of sp³-hybridized carbons (Fsp3) is 0.0500. The van der Waals surface area contributed by atoms with E-state index < -0.39 is 0 Å². The normalized spacial score (nSPS) is 10.6. The van der Waals surface area contributed by atoms with Crippen LogP contribution in [0.4, 0.5) is 15.9 Å². The van der Waals surface area contributed by atoms with Gasteiger partial charge in [-0.25, -0.2) is 14.4 Å². The largest absolute Gasteiger partial charge is 0.443 e. The summed E-state index contributed by atoms with van der Waals surface area (Å²) in [5.74, 6) is 0.159. The molecule has 0 radical (unpaired) electrons. The predicted molar refractivity (Wildman–Crippen MR) is 105 cm³/mol. The number of rotatable bonds is 6. The Hall–Kier alpha value is -3.52. The SMILES string of the molecule is O=C(NCc1coc(-c2cccs2)n1)c1cccnc1Nc1cccc(F)c1. The van der Waals surface area contributed by atoms with Crippen molar-refractivity contribution in [2.75, 3.05) is 5.32 Å². The molecule has 8 heteroatoms. The molecule has 0 saturated carbocycles. The van der Waals surface area contributed by atoms with Gasteiger partial charge in [-0.15, -0.1) is 11.3 Å². The molecule has 1 aromatic carbocycles. The highest BCUT2D eigenvalue weighted by atomic mass is 32.1. The molecule has 28 heavy (non-hydrogen) atoms. The number of benzene rings is 1. The molecule has 0 atom stereocenters. The minimum atomic E-state index is -0.375. The van der Waals surface area contributed by atoms with Crippen molar-refractivity contribution in [2.45, 2.75) is 6.54 Å². The summed E-state index contributed by atoms with van der Waals surface area (Å²) in [5, 5.41) is 7.71. The van der Waals surface area contributed by atoms with E-state index in [1.807, 2.05) is 17.5 Å². The van der Waals surface area contributed by atoms with Crippen LogP contribution in [0.1, 0.15) is 16.1 Å². The van der Waals surface area contributed by atoms with Crippen LogP contribution in [0.3, 0.4) is 0 Å². The first-order chi connectivity index (χ1) is 13.7. The fourth-order valence-electron chi connectivity index (χ4n) is 2.56. The van der Waals surface area contributed by atoms with Gasteiger partial charge >= 0.3 is 0 Å². The number of hydrogen-bond acceptors (Lipinski definition) is 6. The van der Waals surface area contributed by atoms with Crippen LogP contribution in [-0.4, -0.2) is 15.9 Å². The maximum absolute atomic E-state index is 13.4. The van der Waals surface area contributed by atoms with Gasteiger partial charge in [0.2, 0.25) is 5.89 Å². The Kier molecular flexibility index (Phi) is 5.11. The Labute approximate surface area is 164 Å². The van der Waals surface area contributed by atoms with E-state index in [1.54, 1.807) is 30.5 Å². The lowest BCUT2D eigenvalue weighted by molar-refractivity contribution is 0.0951. The van der Waals surface area contributed by atoms with Crippen LogP contribution in [0.2, 0.25) is 0 Å². The third-order valence-electron chi connectivity index (χ3n) is 3.85. The molecule has 0 spiro atoms. The van der Waals surface area contributed by atoms with Crippen LogP contribution in [0.15, 0.2) is 70.8 Å². The summed E-state index contributed by atoms with van der Waals surface area (Å²) in [6.07, 6.45) is 3.08. The van der Waals surface area contributed by atoms with Gasteiger partial charge in [-0.3, -0.25) is 4.79 Å². The number of oxazole rings is 1. The Morgan fingerprint density at radius 2 is 2.11 bits per heavy atom. The summed E-state index contributed by atoms with van der Waals surface area (Å²) in [5.41, 5.74) is 1.46. The van der Waals surface area contributed by atoms with Crippen molar-refractivity contribution in [1.82, 2.24) is 15.3 Å². The molecule has 3 aromatic heterocycles. The highest BCUT2D eigenvalue weighted by Gasteiger charge is 2.14. The molecule has 4 rings (SSSR count). The number of pyridine rings is 1. The summed E-state index contributed by atoms with van der Waals surface area (Å²) in [6.45, 7) is 0.210. The first-order valence-electron chi connectivity index (χ1n) is 8.43. The van der Waals surface area contributed by atoms with Crippen molar-refractivity contribution in [3.8, 4) is 10.8 Å². The van der Waals surface area contributed by atoms with Crippen LogP contribution in [-0.2, 0) is 6.54 Å². The van der Waals surface area contributed by atoms with Crippen LogP contribution >= 0.6 is 11.3 Å². The van der Waals surface area contributed by atoms with E-state index in [4.69, 9.17) is 4.42 Å². The molecule has 140 valence electrons. The van der Waals surface area contributed by atoms with Crippen molar-refractivity contribution in [1.29, 1.82) is 0 Å². The number of amides is 1. The van der Waals surface area contributed by atoms with Crippen LogP contribution in [0, 0.1) is 5.82 Å². The number of anilines is 2. The molecule has 2 N–H and O–H groups in total. The number of carbonyl (C=O) groups is 1. The molecule has 4 aromatic rings. The van der Waals surface area contributed by atoms with Gasteiger partial charge in [-0.05, 0) is 41.8 Å². The van der Waals surface area contributed by atoms with Crippen LogP contribution in [0.5, 0.6) is 0 Å². The Morgan fingerprint density at radius 1 is 1.18 bits per heavy atom. The molecule has 1 amide bonds. The third-order valence-corrected chi connectivity index (χ3v) is 4.71. The zero-order valence-corrected chi connectivity index (χ0v) is 15.4. The topological polar surface area (TPSA) is 80.1 Å². The number of thiophene rings is 1. The molecule has 0 fully saturated rings. The van der Waals surface area contributed by atoms with E-state index in [0.29, 0.717) is 28.7 Å². The minimum absolute atomic E-state index is 0.210. The number of aromatic nitrogens is 2. The van der Waals surface area contributed by atoms with Gasteiger partial charge in [0, 0.05) is 11.9 Å². The molecule has 3 heterocycles. The molecule has 0 aliphatic carbocycles. The second-order valence-corrected chi connectivity index (χ2v) is 6.79. The Morgan fingerprint density at radius 3 is 2.93 bits per heavy atom. The van der Waals surface area contributed by atoms with E-state index >= 15 is 0 Å². The average molecular weight is 394 g/mol. The van der Waals surface area contributed by atoms with Gasteiger partial charge in [-0.2, -0.15) is 0 Å². The first kappa shape index (κ1) is 17.9. The molecule has 0 bridgehead atoms. The van der Waals surface area contributed by atoms with Crippen molar-refractivity contribution in [3.05, 3.63) is 83.4 Å². The van der Waals surface area contributed by atoms with Crippen LogP contribution in [0.25, 0.3) is 10.8 Å². The molecule has 0 aliphatic heterocycles. The molecular formula is C20H15FN4O2S. The molecular weight excluding hydrogens is 379 g/mol. The highest BCUT2D eigenvalue weighted by Crippen LogP contribution is 2.24. The van der Waals surface area contributed by atoms with Gasteiger partial charge < -0.3 is 15.1 Å². The van der Waals surface area contributed by atoms with E-state index in [-0.39, 0.29) is 18.3 Å². The monoisotopic (exact) mass is 394 g/mol. The molecule has 0 unspecified atom stereocenters. The van der Waals surface area contributed by atoms with Crippen molar-refractivity contribution in [2.24, 2.45) is 0 Å². The summed E-state index contributed by atoms with van der Waals surface area (Å²) >= 11 is 1.53. The van der Waals surface area contributed by atoms with Gasteiger partial charge in [0.1, 0.15) is 17.9 Å². The van der Waals surface area contributed by atoms with E-state index in [0.717, 1.165) is 4.88 Å². The van der Waals surface area contributed by atoms with E-state index in [9.17, 15) is 9.18 Å². The Bertz CT molecular complexity index is 1100. The Balaban J connectivity index is 1.45. The number of carbonyl (C=O) groups excluding carboxylic acids is 1. The van der Waals surface area contributed by atoms with Crippen LogP contribution < -0.4 is 10.6 Å². The fourth-order valence-corrected chi connectivity index (χ4v) is 3.21. The summed E-state index contributed by atoms with van der Waals surface area (Å²) in [6, 6.07) is 13.1. The maximum atomic E-state index is 13.4. The number of hydrogen-bond donors (Lipinski definition) is 2. The first-order valence-corrected chi connectivity index (χ1v) is 9.31. The van der Waals surface area contributed by atoms with Crippen molar-refractivity contribution >= 4 is 28.7 Å². The van der Waals surface area contributed by atoms with Gasteiger partial charge in [0.25, 0.3) is 5.91 Å². The lowest BCUT2D eigenvalue weighted by Crippen LogP contribution is -2.24. The molecule has 0 aliphatic rings. The summed E-state index contributed by atoms with van der Waals surface area (Å²) in [7, 11) is 0. The lowest BCUT2D eigenvalue weighted by Gasteiger charge is -2.10. The molecule has 0 saturated heterocycles. The van der Waals surface area contributed by atoms with E-state index in [2.05, 4.69) is 20.6 Å². The van der Waals surface area contributed by atoms with Gasteiger partial charge in [0.15, 0.2) is 0 Å². The summed E-state index contributed by atoms with van der Waals surface area (Å²) < 4.78 is 18.8. The second-order valence-electron chi connectivity index (χ2n) is 5.84. The molecule has 6 nitrogen and oxygen atoms in total. The zero-order valence-electron chi connectivity index (χ0n) is 14.6. The average Bonchev–Trinajstić information content (AvgIpc) is 3.38. The predicted octanol–water partition coefficient (Wildman–Crippen LogP) is 4.61. The van der Waals surface area contributed by atoms with Gasteiger partial charge in [0.05, 0.1) is 22.7 Å². The number of nitrogens with zero attached hydrogens (tertiary/aromatic N) is 2. The van der Waals surface area contributed by atoms with Gasteiger partial charge in [-0.1, -0.05) is 12.1 Å². The third kappa shape index (κ3) is 4.07. The smallest absolute Gasteiger partial charge is 0.255 e. The minimum Gasteiger partial charge on any atom is -0.443 e. The lowest BCUT2D eigenvalue weighted by atomic mass is 10.2.